The zero-order valence-corrected chi connectivity index (χ0v) is 17.2. The Kier molecular flexibility index (Phi) is 6.78. The molecule has 1 unspecified atom stereocenters. The summed E-state index contributed by atoms with van der Waals surface area (Å²) in [6.45, 7) is 4.70. The predicted octanol–water partition coefficient (Wildman–Crippen LogP) is 5.09. The maximum absolute atomic E-state index is 12.6. The fourth-order valence-corrected chi connectivity index (χ4v) is 4.46. The Hall–Kier alpha value is -1.97. The van der Waals surface area contributed by atoms with Crippen molar-refractivity contribution in [2.75, 3.05) is 32.7 Å². The monoisotopic (exact) mass is 452 g/mol. The van der Waals surface area contributed by atoms with Gasteiger partial charge >= 0.3 is 18.4 Å². The molecule has 0 aromatic carbocycles. The molecule has 2 aliphatic heterocycles. The van der Waals surface area contributed by atoms with Crippen molar-refractivity contribution in [3.05, 3.63) is 36.0 Å². The van der Waals surface area contributed by atoms with E-state index in [9.17, 15) is 31.1 Å². The Morgan fingerprint density at radius 2 is 1.71 bits per heavy atom. The second-order valence-electron chi connectivity index (χ2n) is 8.64. The predicted molar refractivity (Wildman–Crippen MR) is 102 cm³/mol. The van der Waals surface area contributed by atoms with Gasteiger partial charge in [0.1, 0.15) is 0 Å². The summed E-state index contributed by atoms with van der Waals surface area (Å²) >= 11 is 0. The first-order valence-corrected chi connectivity index (χ1v) is 10.2. The zero-order chi connectivity index (χ0) is 22.9. The van der Waals surface area contributed by atoms with Crippen molar-refractivity contribution in [3.63, 3.8) is 0 Å². The van der Waals surface area contributed by atoms with Crippen LogP contribution < -0.4 is 0 Å². The average Bonchev–Trinajstić information content (AvgIpc) is 2.91. The summed E-state index contributed by atoms with van der Waals surface area (Å²) in [6, 6.07) is 0. The lowest BCUT2D eigenvalue weighted by atomic mass is 9.78. The van der Waals surface area contributed by atoms with Crippen molar-refractivity contribution >= 4 is 6.09 Å². The van der Waals surface area contributed by atoms with E-state index in [-0.39, 0.29) is 18.5 Å². The van der Waals surface area contributed by atoms with Crippen LogP contribution in [0.5, 0.6) is 0 Å². The number of halogens is 6. The normalized spacial score (nSPS) is 24.6. The Bertz CT molecular complexity index is 734. The van der Waals surface area contributed by atoms with E-state index in [0.29, 0.717) is 18.8 Å². The third-order valence-corrected chi connectivity index (χ3v) is 6.13. The molecule has 4 nitrogen and oxygen atoms in total. The molecular formula is C21H26F6N2O2. The van der Waals surface area contributed by atoms with Crippen LogP contribution in [0.1, 0.15) is 26.2 Å². The van der Waals surface area contributed by atoms with Gasteiger partial charge in [-0.05, 0) is 42.7 Å². The summed E-state index contributed by atoms with van der Waals surface area (Å²) in [5, 5.41) is 0. The van der Waals surface area contributed by atoms with Gasteiger partial charge in [-0.2, -0.15) is 26.3 Å². The standard InChI is InChI=1S/C21H26F6N2O2/c1-15-4-2-3-5-16(12-15)13-28-9-6-19(14-28)7-10-29(11-8-19)18(30)31-17(20(22,23)24)21(25,26)27/h2-5,12,15,17H,6-11,13-14H2,1H3. The Morgan fingerprint density at radius 3 is 2.32 bits per heavy atom. The van der Waals surface area contributed by atoms with Crippen molar-refractivity contribution in [2.24, 2.45) is 11.3 Å². The number of ether oxygens (including phenoxy) is 1. The highest BCUT2D eigenvalue weighted by Crippen LogP contribution is 2.41. The fraction of sp³-hybridized carbons (Fsp3) is 0.667. The van der Waals surface area contributed by atoms with Crippen LogP contribution in [-0.4, -0.2) is 67.1 Å². The van der Waals surface area contributed by atoms with Gasteiger partial charge in [-0.25, -0.2) is 4.79 Å². The molecule has 0 N–H and O–H groups in total. The minimum absolute atomic E-state index is 0.0803. The van der Waals surface area contributed by atoms with Gasteiger partial charge in [-0.15, -0.1) is 0 Å². The van der Waals surface area contributed by atoms with Crippen molar-refractivity contribution in [2.45, 2.75) is 44.6 Å². The van der Waals surface area contributed by atoms with Gasteiger partial charge in [0.2, 0.25) is 0 Å². The molecule has 2 heterocycles. The van der Waals surface area contributed by atoms with Gasteiger partial charge in [0.25, 0.3) is 6.10 Å². The fourth-order valence-electron chi connectivity index (χ4n) is 4.46. The second-order valence-corrected chi connectivity index (χ2v) is 8.64. The van der Waals surface area contributed by atoms with Gasteiger partial charge in [-0.3, -0.25) is 4.90 Å². The minimum atomic E-state index is -5.70. The molecule has 0 saturated carbocycles. The number of nitrogens with zero attached hydrogens (tertiary/aromatic N) is 2. The van der Waals surface area contributed by atoms with Gasteiger partial charge < -0.3 is 9.64 Å². The number of amides is 1. The Labute approximate surface area is 177 Å². The summed E-state index contributed by atoms with van der Waals surface area (Å²) in [6.07, 6.45) is -4.78. The van der Waals surface area contributed by atoms with Gasteiger partial charge in [0.15, 0.2) is 0 Å². The number of allylic oxidation sites excluding steroid dienone is 4. The highest BCUT2D eigenvalue weighted by molar-refractivity contribution is 5.68. The van der Waals surface area contributed by atoms with Crippen LogP contribution in [0.25, 0.3) is 0 Å². The summed E-state index contributed by atoms with van der Waals surface area (Å²) in [5.74, 6) is 0.341. The quantitative estimate of drug-likeness (QED) is 0.559. The van der Waals surface area contributed by atoms with Crippen molar-refractivity contribution in [3.8, 4) is 0 Å². The lowest BCUT2D eigenvalue weighted by molar-refractivity contribution is -0.308. The number of carbonyl (C=O) groups excluding carboxylic acids is 1. The molecule has 31 heavy (non-hydrogen) atoms. The molecule has 0 aromatic rings. The molecule has 2 saturated heterocycles. The van der Waals surface area contributed by atoms with E-state index in [4.69, 9.17) is 0 Å². The molecule has 1 aliphatic carbocycles. The maximum Gasteiger partial charge on any atom is 0.434 e. The van der Waals surface area contributed by atoms with Crippen molar-refractivity contribution in [1.82, 2.24) is 9.80 Å². The number of alkyl halides is 6. The Balaban J connectivity index is 1.53. The molecule has 0 radical (unpaired) electrons. The van der Waals surface area contributed by atoms with Crippen LogP contribution in [-0.2, 0) is 4.74 Å². The number of hydrogen-bond acceptors (Lipinski definition) is 3. The van der Waals surface area contributed by atoms with Gasteiger partial charge in [0, 0.05) is 26.2 Å². The molecular weight excluding hydrogens is 426 g/mol. The van der Waals surface area contributed by atoms with Crippen LogP contribution in [0.2, 0.25) is 0 Å². The topological polar surface area (TPSA) is 32.8 Å². The van der Waals surface area contributed by atoms with Crippen LogP contribution in [0, 0.1) is 11.3 Å². The lowest BCUT2D eigenvalue weighted by Gasteiger charge is -2.39. The largest absolute Gasteiger partial charge is 0.434 e. The maximum atomic E-state index is 12.6. The average molecular weight is 452 g/mol. The molecule has 2 fully saturated rings. The number of likely N-dealkylation sites (tertiary alicyclic amines) is 2. The summed E-state index contributed by atoms with van der Waals surface area (Å²) in [5.41, 5.74) is 1.13. The molecule has 1 amide bonds. The van der Waals surface area contributed by atoms with Crippen molar-refractivity contribution < 1.29 is 35.9 Å². The first-order valence-electron chi connectivity index (χ1n) is 10.2. The van der Waals surface area contributed by atoms with Crippen LogP contribution in [0.15, 0.2) is 36.0 Å². The van der Waals surface area contributed by atoms with E-state index in [0.717, 1.165) is 31.0 Å². The number of carbonyl (C=O) groups is 1. The lowest BCUT2D eigenvalue weighted by Crippen LogP contribution is -2.50. The summed E-state index contributed by atoms with van der Waals surface area (Å²) in [7, 11) is 0. The molecule has 174 valence electrons. The molecule has 10 heteroatoms. The highest BCUT2D eigenvalue weighted by Gasteiger charge is 2.60. The van der Waals surface area contributed by atoms with Gasteiger partial charge in [0.05, 0.1) is 0 Å². The minimum Gasteiger partial charge on any atom is -0.426 e. The summed E-state index contributed by atoms with van der Waals surface area (Å²) < 4.78 is 79.6. The van der Waals surface area contributed by atoms with E-state index in [1.165, 1.54) is 5.57 Å². The van der Waals surface area contributed by atoms with E-state index >= 15 is 0 Å². The number of piperidine rings is 1. The van der Waals surface area contributed by atoms with Crippen LogP contribution in [0.3, 0.4) is 0 Å². The zero-order valence-electron chi connectivity index (χ0n) is 17.2. The Morgan fingerprint density at radius 1 is 1.10 bits per heavy atom. The molecule has 1 spiro atoms. The van der Waals surface area contributed by atoms with Crippen LogP contribution >= 0.6 is 0 Å². The highest BCUT2D eigenvalue weighted by atomic mass is 19.4. The van der Waals surface area contributed by atoms with Crippen molar-refractivity contribution in [1.29, 1.82) is 0 Å². The summed E-state index contributed by atoms with van der Waals surface area (Å²) in [4.78, 5) is 15.2. The third-order valence-electron chi connectivity index (χ3n) is 6.13. The molecule has 1 atom stereocenters. The third kappa shape index (κ3) is 6.05. The van der Waals surface area contributed by atoms with Gasteiger partial charge in [-0.1, -0.05) is 37.3 Å². The molecule has 0 bridgehead atoms. The smallest absolute Gasteiger partial charge is 0.426 e. The first-order chi connectivity index (χ1) is 14.4. The molecule has 3 rings (SSSR count). The molecule has 3 aliphatic rings. The van der Waals surface area contributed by atoms with E-state index < -0.39 is 24.5 Å². The van der Waals surface area contributed by atoms with E-state index in [1.807, 2.05) is 12.2 Å². The second kappa shape index (κ2) is 8.88. The first kappa shape index (κ1) is 23.7. The van der Waals surface area contributed by atoms with Crippen LogP contribution in [0.4, 0.5) is 31.1 Å². The molecule has 0 aromatic heterocycles. The van der Waals surface area contributed by atoms with E-state index in [1.54, 1.807) is 0 Å². The SMILES string of the molecule is CC1C=CC=CC(CN2CCC3(CCN(C(=O)OC(C(F)(F)F)C(F)(F)F)CC3)C2)=C1. The van der Waals surface area contributed by atoms with E-state index in [2.05, 4.69) is 34.8 Å². The number of hydrogen-bond donors (Lipinski definition) is 0. The number of rotatable bonds is 3.